The molecule has 0 atom stereocenters. The van der Waals surface area contributed by atoms with Crippen LogP contribution in [-0.4, -0.2) is 30.5 Å². The molecule has 0 unspecified atom stereocenters. The number of hydrogen-bond acceptors (Lipinski definition) is 5. The van der Waals surface area contributed by atoms with Crippen molar-refractivity contribution in [3.8, 4) is 5.75 Å². The third-order valence-electron chi connectivity index (χ3n) is 5.29. The molecule has 3 aromatic carbocycles. The van der Waals surface area contributed by atoms with Crippen LogP contribution >= 0.6 is 15.9 Å². The molecule has 3 aromatic rings. The minimum absolute atomic E-state index is 0.222. The summed E-state index contributed by atoms with van der Waals surface area (Å²) >= 11 is 3.38. The Balaban J connectivity index is 1.61. The van der Waals surface area contributed by atoms with Crippen LogP contribution in [0.5, 0.6) is 5.75 Å². The monoisotopic (exact) mass is 550 g/mol. The van der Waals surface area contributed by atoms with Gasteiger partial charge in [-0.25, -0.2) is 5.43 Å². The van der Waals surface area contributed by atoms with Gasteiger partial charge < -0.3 is 15.4 Å². The molecule has 0 aliphatic carbocycles. The second kappa shape index (κ2) is 12.1. The van der Waals surface area contributed by atoms with Crippen molar-refractivity contribution >= 4 is 51.2 Å². The van der Waals surface area contributed by atoms with Crippen molar-refractivity contribution in [2.24, 2.45) is 5.10 Å². The number of nitrogens with one attached hydrogen (secondary N) is 3. The standard InChI is InChI=1S/C27H27BrN4O4/c1-16-8-9-17(2)22(12-16)30-24(33)15-36-23-11-10-21(28)13-20(23)14-29-32-27(35)26(34)31-25-18(3)6-5-7-19(25)4/h5-14H,15H2,1-4H3,(H,30,33)(H,31,34)(H,32,35)/b29-14-. The normalized spacial score (nSPS) is 10.7. The predicted octanol–water partition coefficient (Wildman–Crippen LogP) is 4.79. The summed E-state index contributed by atoms with van der Waals surface area (Å²) in [6, 6.07) is 16.5. The fourth-order valence-corrected chi connectivity index (χ4v) is 3.72. The summed E-state index contributed by atoms with van der Waals surface area (Å²) in [5.41, 5.74) is 7.70. The summed E-state index contributed by atoms with van der Waals surface area (Å²) in [5.74, 6) is -1.68. The zero-order valence-corrected chi connectivity index (χ0v) is 22.0. The van der Waals surface area contributed by atoms with Crippen LogP contribution in [0.3, 0.4) is 0 Å². The number of aryl methyl sites for hydroxylation is 4. The summed E-state index contributed by atoms with van der Waals surface area (Å²) in [6.07, 6.45) is 1.34. The van der Waals surface area contributed by atoms with Gasteiger partial charge in [0.05, 0.1) is 6.21 Å². The highest BCUT2D eigenvalue weighted by Gasteiger charge is 2.15. The lowest BCUT2D eigenvalue weighted by molar-refractivity contribution is -0.136. The SMILES string of the molecule is Cc1ccc(C)c(NC(=O)COc2ccc(Br)cc2/C=N\NC(=O)C(=O)Nc2c(C)cccc2C)c1. The molecule has 0 heterocycles. The number of rotatable bonds is 7. The molecule has 0 aliphatic rings. The Morgan fingerprint density at radius 2 is 1.61 bits per heavy atom. The molecule has 0 fully saturated rings. The molecule has 36 heavy (non-hydrogen) atoms. The van der Waals surface area contributed by atoms with E-state index in [2.05, 4.69) is 37.1 Å². The van der Waals surface area contributed by atoms with Crippen molar-refractivity contribution in [2.45, 2.75) is 27.7 Å². The predicted molar refractivity (Wildman–Crippen MR) is 144 cm³/mol. The molecular weight excluding hydrogens is 524 g/mol. The van der Waals surface area contributed by atoms with Crippen molar-refractivity contribution in [2.75, 3.05) is 17.2 Å². The van der Waals surface area contributed by atoms with Crippen molar-refractivity contribution in [1.29, 1.82) is 0 Å². The zero-order chi connectivity index (χ0) is 26.2. The molecule has 3 rings (SSSR count). The number of amides is 3. The van der Waals surface area contributed by atoms with Crippen LogP contribution < -0.4 is 20.8 Å². The number of benzene rings is 3. The van der Waals surface area contributed by atoms with E-state index in [1.807, 2.05) is 64.1 Å². The Morgan fingerprint density at radius 3 is 2.33 bits per heavy atom. The van der Waals surface area contributed by atoms with Crippen LogP contribution in [0.4, 0.5) is 11.4 Å². The lowest BCUT2D eigenvalue weighted by Gasteiger charge is -2.12. The van der Waals surface area contributed by atoms with Gasteiger partial charge in [-0.2, -0.15) is 5.10 Å². The molecule has 0 aromatic heterocycles. The van der Waals surface area contributed by atoms with Crippen LogP contribution in [0.15, 0.2) is 64.2 Å². The van der Waals surface area contributed by atoms with E-state index >= 15 is 0 Å². The second-order valence-corrected chi connectivity index (χ2v) is 9.17. The van der Waals surface area contributed by atoms with E-state index in [9.17, 15) is 14.4 Å². The Labute approximate surface area is 218 Å². The van der Waals surface area contributed by atoms with Crippen molar-refractivity contribution in [3.63, 3.8) is 0 Å². The number of carbonyl (C=O) groups is 3. The fourth-order valence-electron chi connectivity index (χ4n) is 3.34. The topological polar surface area (TPSA) is 109 Å². The number of carbonyl (C=O) groups excluding carboxylic acids is 3. The average molecular weight is 551 g/mol. The van der Waals surface area contributed by atoms with E-state index in [1.165, 1.54) is 6.21 Å². The van der Waals surface area contributed by atoms with E-state index in [4.69, 9.17) is 4.74 Å². The van der Waals surface area contributed by atoms with E-state index in [1.54, 1.807) is 18.2 Å². The number of nitrogens with zero attached hydrogens (tertiary/aromatic N) is 1. The molecule has 0 saturated heterocycles. The molecule has 0 bridgehead atoms. The van der Waals surface area contributed by atoms with Crippen molar-refractivity contribution < 1.29 is 19.1 Å². The van der Waals surface area contributed by atoms with E-state index in [0.717, 1.165) is 32.4 Å². The summed E-state index contributed by atoms with van der Waals surface area (Å²) in [4.78, 5) is 36.9. The largest absolute Gasteiger partial charge is 0.483 e. The van der Waals surface area contributed by atoms with E-state index in [0.29, 0.717) is 17.0 Å². The Morgan fingerprint density at radius 1 is 0.889 bits per heavy atom. The Kier molecular flexibility index (Phi) is 8.97. The average Bonchev–Trinajstić information content (AvgIpc) is 2.83. The minimum atomic E-state index is -0.917. The van der Waals surface area contributed by atoms with Gasteiger partial charge in [0.1, 0.15) is 5.75 Å². The number of halogens is 1. The molecule has 9 heteroatoms. The number of para-hydroxylation sites is 1. The maximum Gasteiger partial charge on any atom is 0.329 e. The first-order valence-electron chi connectivity index (χ1n) is 11.1. The van der Waals surface area contributed by atoms with Crippen molar-refractivity contribution in [3.05, 3.63) is 86.9 Å². The summed E-state index contributed by atoms with van der Waals surface area (Å²) in [7, 11) is 0. The van der Waals surface area contributed by atoms with Gasteiger partial charge in [-0.3, -0.25) is 14.4 Å². The molecule has 3 N–H and O–H groups in total. The van der Waals surface area contributed by atoms with Gasteiger partial charge in [0.2, 0.25) is 0 Å². The summed E-state index contributed by atoms with van der Waals surface area (Å²) in [6.45, 7) is 7.33. The molecule has 0 radical (unpaired) electrons. The molecule has 8 nitrogen and oxygen atoms in total. The van der Waals surface area contributed by atoms with E-state index < -0.39 is 11.8 Å². The minimum Gasteiger partial charge on any atom is -0.483 e. The first kappa shape index (κ1) is 26.6. The highest BCUT2D eigenvalue weighted by Crippen LogP contribution is 2.22. The Bertz CT molecular complexity index is 1320. The van der Waals surface area contributed by atoms with Gasteiger partial charge in [0.25, 0.3) is 5.91 Å². The molecule has 186 valence electrons. The molecule has 3 amide bonds. The summed E-state index contributed by atoms with van der Waals surface area (Å²) < 4.78 is 6.44. The van der Waals surface area contributed by atoms with Crippen LogP contribution in [0.2, 0.25) is 0 Å². The van der Waals surface area contributed by atoms with Gasteiger partial charge >= 0.3 is 11.8 Å². The third kappa shape index (κ3) is 7.26. The van der Waals surface area contributed by atoms with Crippen molar-refractivity contribution in [1.82, 2.24) is 5.43 Å². The quantitative estimate of drug-likeness (QED) is 0.223. The van der Waals surface area contributed by atoms with Gasteiger partial charge in [-0.1, -0.05) is 46.3 Å². The molecule has 0 spiro atoms. The molecule has 0 aliphatic heterocycles. The first-order valence-corrected chi connectivity index (χ1v) is 11.9. The zero-order valence-electron chi connectivity index (χ0n) is 20.4. The summed E-state index contributed by atoms with van der Waals surface area (Å²) in [5, 5.41) is 9.33. The molecular formula is C27H27BrN4O4. The maximum atomic E-state index is 12.4. The maximum absolute atomic E-state index is 12.4. The Hall–Kier alpha value is -3.98. The lowest BCUT2D eigenvalue weighted by Crippen LogP contribution is -2.32. The van der Waals surface area contributed by atoms with Gasteiger partial charge in [0.15, 0.2) is 6.61 Å². The smallest absolute Gasteiger partial charge is 0.329 e. The van der Waals surface area contributed by atoms with Gasteiger partial charge in [0, 0.05) is 21.4 Å². The number of anilines is 2. The molecule has 0 saturated carbocycles. The lowest BCUT2D eigenvalue weighted by atomic mass is 10.1. The highest BCUT2D eigenvalue weighted by atomic mass is 79.9. The number of hydrazone groups is 1. The highest BCUT2D eigenvalue weighted by molar-refractivity contribution is 9.10. The number of ether oxygens (including phenoxy) is 1. The third-order valence-corrected chi connectivity index (χ3v) is 5.79. The fraction of sp³-hybridized carbons (Fsp3) is 0.185. The van der Waals surface area contributed by atoms with Crippen LogP contribution in [0, 0.1) is 27.7 Å². The van der Waals surface area contributed by atoms with E-state index in [-0.39, 0.29) is 12.5 Å². The van der Waals surface area contributed by atoms with Crippen LogP contribution in [-0.2, 0) is 14.4 Å². The first-order chi connectivity index (χ1) is 17.1. The van der Waals surface area contributed by atoms with Crippen LogP contribution in [0.25, 0.3) is 0 Å². The van der Waals surface area contributed by atoms with Crippen LogP contribution in [0.1, 0.15) is 27.8 Å². The number of hydrogen-bond donors (Lipinski definition) is 3. The second-order valence-electron chi connectivity index (χ2n) is 8.26. The van der Waals surface area contributed by atoms with Gasteiger partial charge in [-0.05, 0) is 74.2 Å². The van der Waals surface area contributed by atoms with Gasteiger partial charge in [-0.15, -0.1) is 0 Å².